The van der Waals surface area contributed by atoms with Crippen molar-refractivity contribution in [3.05, 3.63) is 35.4 Å². The third-order valence-electron chi connectivity index (χ3n) is 2.40. The summed E-state index contributed by atoms with van der Waals surface area (Å²) in [5, 5.41) is 3.32. The highest BCUT2D eigenvalue weighted by Gasteiger charge is 2.12. The van der Waals surface area contributed by atoms with Gasteiger partial charge < -0.3 is 5.32 Å². The van der Waals surface area contributed by atoms with Gasteiger partial charge in [-0.15, -0.1) is 0 Å². The van der Waals surface area contributed by atoms with Crippen LogP contribution in [0.2, 0.25) is 0 Å². The molecule has 0 saturated heterocycles. The van der Waals surface area contributed by atoms with Gasteiger partial charge in [-0.1, -0.05) is 65.8 Å². The summed E-state index contributed by atoms with van der Waals surface area (Å²) in [6, 6.07) is 8.88. The molecule has 1 aromatic rings. The SMILES string of the molecule is CC.CCNCc1ccc(C(C)(C)C)cc1. The largest absolute Gasteiger partial charge is 0.313 e. The third-order valence-corrected chi connectivity index (χ3v) is 2.40. The van der Waals surface area contributed by atoms with Gasteiger partial charge in [0.05, 0.1) is 0 Å². The van der Waals surface area contributed by atoms with E-state index < -0.39 is 0 Å². The van der Waals surface area contributed by atoms with Crippen molar-refractivity contribution in [3.8, 4) is 0 Å². The molecular formula is C15H27N. The van der Waals surface area contributed by atoms with Gasteiger partial charge in [-0.2, -0.15) is 0 Å². The van der Waals surface area contributed by atoms with Gasteiger partial charge in [0.1, 0.15) is 0 Å². The van der Waals surface area contributed by atoms with Crippen LogP contribution >= 0.6 is 0 Å². The first-order valence-corrected chi connectivity index (χ1v) is 6.34. The van der Waals surface area contributed by atoms with E-state index >= 15 is 0 Å². The molecule has 1 rings (SSSR count). The molecule has 0 aliphatic heterocycles. The van der Waals surface area contributed by atoms with Gasteiger partial charge in [0.25, 0.3) is 0 Å². The molecule has 0 unspecified atom stereocenters. The van der Waals surface area contributed by atoms with Gasteiger partial charge in [0, 0.05) is 6.54 Å². The minimum absolute atomic E-state index is 0.261. The summed E-state index contributed by atoms with van der Waals surface area (Å²) < 4.78 is 0. The average Bonchev–Trinajstić information content (AvgIpc) is 2.28. The zero-order valence-electron chi connectivity index (χ0n) is 11.7. The van der Waals surface area contributed by atoms with Crippen LogP contribution in [0.1, 0.15) is 52.7 Å². The summed E-state index contributed by atoms with van der Waals surface area (Å²) in [6.07, 6.45) is 0. The molecule has 1 heteroatoms. The third kappa shape index (κ3) is 5.32. The Balaban J connectivity index is 0.00000106. The fraction of sp³-hybridized carbons (Fsp3) is 0.600. The molecule has 16 heavy (non-hydrogen) atoms. The molecule has 92 valence electrons. The minimum atomic E-state index is 0.261. The van der Waals surface area contributed by atoms with E-state index in [4.69, 9.17) is 0 Å². The topological polar surface area (TPSA) is 12.0 Å². The van der Waals surface area contributed by atoms with Gasteiger partial charge >= 0.3 is 0 Å². The summed E-state index contributed by atoms with van der Waals surface area (Å²) >= 11 is 0. The molecule has 0 fully saturated rings. The van der Waals surface area contributed by atoms with Gasteiger partial charge in [-0.05, 0) is 23.1 Å². The second-order valence-corrected chi connectivity index (χ2v) is 4.73. The van der Waals surface area contributed by atoms with E-state index in [-0.39, 0.29) is 5.41 Å². The maximum absolute atomic E-state index is 3.32. The van der Waals surface area contributed by atoms with Crippen molar-refractivity contribution in [2.45, 2.75) is 53.5 Å². The Bertz CT molecular complexity index is 266. The molecule has 0 radical (unpaired) electrons. The molecule has 1 N–H and O–H groups in total. The standard InChI is InChI=1S/C13H21N.C2H6/c1-5-14-10-11-6-8-12(9-7-11)13(2,3)4;1-2/h6-9,14H,5,10H2,1-4H3;1-2H3. The summed E-state index contributed by atoms with van der Waals surface area (Å²) in [4.78, 5) is 0. The van der Waals surface area contributed by atoms with E-state index in [1.807, 2.05) is 13.8 Å². The van der Waals surface area contributed by atoms with E-state index in [9.17, 15) is 0 Å². The van der Waals surface area contributed by atoms with Crippen LogP contribution in [0.5, 0.6) is 0 Å². The van der Waals surface area contributed by atoms with Crippen LogP contribution in [-0.2, 0) is 12.0 Å². The summed E-state index contributed by atoms with van der Waals surface area (Å²) in [7, 11) is 0. The Hall–Kier alpha value is -0.820. The Kier molecular flexibility index (Phi) is 7.07. The second kappa shape index (κ2) is 7.45. The van der Waals surface area contributed by atoms with Gasteiger partial charge in [0.15, 0.2) is 0 Å². The predicted molar refractivity (Wildman–Crippen MR) is 73.9 cm³/mol. The van der Waals surface area contributed by atoms with Crippen LogP contribution in [0.4, 0.5) is 0 Å². The fourth-order valence-corrected chi connectivity index (χ4v) is 1.39. The van der Waals surface area contributed by atoms with Crippen LogP contribution in [-0.4, -0.2) is 6.54 Å². The molecule has 1 aromatic carbocycles. The lowest BCUT2D eigenvalue weighted by molar-refractivity contribution is 0.589. The van der Waals surface area contributed by atoms with Crippen molar-refractivity contribution in [1.29, 1.82) is 0 Å². The zero-order chi connectivity index (χ0) is 12.6. The van der Waals surface area contributed by atoms with Crippen molar-refractivity contribution in [2.75, 3.05) is 6.54 Å². The van der Waals surface area contributed by atoms with E-state index in [0.717, 1.165) is 13.1 Å². The monoisotopic (exact) mass is 221 g/mol. The molecule has 0 saturated carbocycles. The van der Waals surface area contributed by atoms with E-state index in [1.165, 1.54) is 11.1 Å². The van der Waals surface area contributed by atoms with E-state index in [1.54, 1.807) is 0 Å². The quantitative estimate of drug-likeness (QED) is 0.809. The molecule has 0 atom stereocenters. The Morgan fingerprint density at radius 3 is 1.88 bits per heavy atom. The second-order valence-electron chi connectivity index (χ2n) is 4.73. The highest BCUT2D eigenvalue weighted by Crippen LogP contribution is 2.21. The lowest BCUT2D eigenvalue weighted by Gasteiger charge is -2.19. The van der Waals surface area contributed by atoms with Gasteiger partial charge in [0.2, 0.25) is 0 Å². The molecule has 0 spiro atoms. The molecule has 1 nitrogen and oxygen atoms in total. The Labute approximate surface area is 101 Å². The number of benzene rings is 1. The maximum atomic E-state index is 3.32. The summed E-state index contributed by atoms with van der Waals surface area (Å²) in [5.74, 6) is 0. The first-order valence-electron chi connectivity index (χ1n) is 6.34. The van der Waals surface area contributed by atoms with Crippen molar-refractivity contribution in [2.24, 2.45) is 0 Å². The van der Waals surface area contributed by atoms with Crippen LogP contribution in [0, 0.1) is 0 Å². The maximum Gasteiger partial charge on any atom is 0.0205 e. The van der Waals surface area contributed by atoms with Gasteiger partial charge in [-0.3, -0.25) is 0 Å². The Morgan fingerprint density at radius 1 is 1.00 bits per heavy atom. The van der Waals surface area contributed by atoms with Crippen LogP contribution in [0.25, 0.3) is 0 Å². The number of hydrogen-bond acceptors (Lipinski definition) is 1. The highest BCUT2D eigenvalue weighted by atomic mass is 14.8. The smallest absolute Gasteiger partial charge is 0.0205 e. The lowest BCUT2D eigenvalue weighted by atomic mass is 9.87. The van der Waals surface area contributed by atoms with E-state index in [2.05, 4.69) is 57.3 Å². The van der Waals surface area contributed by atoms with Crippen LogP contribution in [0.15, 0.2) is 24.3 Å². The van der Waals surface area contributed by atoms with Crippen molar-refractivity contribution in [1.82, 2.24) is 5.32 Å². The fourth-order valence-electron chi connectivity index (χ4n) is 1.39. The molecule has 0 aliphatic carbocycles. The molecule has 0 amide bonds. The highest BCUT2D eigenvalue weighted by molar-refractivity contribution is 5.27. The summed E-state index contributed by atoms with van der Waals surface area (Å²) in [5.41, 5.74) is 3.02. The average molecular weight is 221 g/mol. The number of rotatable bonds is 3. The minimum Gasteiger partial charge on any atom is -0.313 e. The van der Waals surface area contributed by atoms with Gasteiger partial charge in [-0.25, -0.2) is 0 Å². The number of nitrogens with one attached hydrogen (secondary N) is 1. The zero-order valence-corrected chi connectivity index (χ0v) is 11.7. The number of hydrogen-bond donors (Lipinski definition) is 1. The van der Waals surface area contributed by atoms with Crippen molar-refractivity contribution >= 4 is 0 Å². The molecule has 0 aliphatic rings. The lowest BCUT2D eigenvalue weighted by Crippen LogP contribution is -2.13. The normalized spacial score (nSPS) is 10.6. The first-order chi connectivity index (χ1) is 7.54. The van der Waals surface area contributed by atoms with Crippen molar-refractivity contribution in [3.63, 3.8) is 0 Å². The predicted octanol–water partition coefficient (Wildman–Crippen LogP) is 4.12. The van der Waals surface area contributed by atoms with Crippen molar-refractivity contribution < 1.29 is 0 Å². The first kappa shape index (κ1) is 15.2. The molecule has 0 bridgehead atoms. The van der Waals surface area contributed by atoms with E-state index in [0.29, 0.717) is 0 Å². The van der Waals surface area contributed by atoms with Crippen LogP contribution in [0.3, 0.4) is 0 Å². The summed E-state index contributed by atoms with van der Waals surface area (Å²) in [6.45, 7) is 14.9. The molecule has 0 aromatic heterocycles. The molecular weight excluding hydrogens is 194 g/mol. The molecule has 0 heterocycles. The van der Waals surface area contributed by atoms with Crippen LogP contribution < -0.4 is 5.32 Å². The Morgan fingerprint density at radius 2 is 1.50 bits per heavy atom.